The molecule has 0 amide bonds. The van der Waals surface area contributed by atoms with E-state index in [1.54, 1.807) is 12.1 Å². The lowest BCUT2D eigenvalue weighted by Crippen LogP contribution is -2.23. The molecule has 0 saturated heterocycles. The first-order chi connectivity index (χ1) is 6.68. The molecular weight excluding hydrogens is 186 g/mol. The molecule has 2 aromatic rings. The number of para-hydroxylation sites is 1. The molecule has 70 valence electrons. The van der Waals surface area contributed by atoms with Gasteiger partial charge in [0.1, 0.15) is 0 Å². The maximum atomic E-state index is 11.2. The fourth-order valence-corrected chi connectivity index (χ4v) is 1.13. The summed E-state index contributed by atoms with van der Waals surface area (Å²) in [5.74, 6) is 0. The first kappa shape index (κ1) is 8.43. The van der Waals surface area contributed by atoms with E-state index in [4.69, 9.17) is 0 Å². The molecule has 5 nitrogen and oxygen atoms in total. The van der Waals surface area contributed by atoms with Crippen molar-refractivity contribution < 1.29 is 4.42 Å². The molecule has 14 heavy (non-hydrogen) atoms. The average Bonchev–Trinajstić information content (AvgIpc) is 2.27. The molecule has 0 saturated carbocycles. The Labute approximate surface area is 76.6 Å². The van der Waals surface area contributed by atoms with Gasteiger partial charge in [0.15, 0.2) is 0 Å². The van der Waals surface area contributed by atoms with E-state index in [1.165, 1.54) is 12.1 Å². The maximum Gasteiger partial charge on any atom is 0.405 e. The lowest BCUT2D eigenvalue weighted by Gasteiger charge is -1.85. The zero-order chi connectivity index (χ0) is 10.1. The van der Waals surface area contributed by atoms with Crippen LogP contribution in [0.4, 0.5) is 0 Å². The Balaban J connectivity index is 3.22. The molecule has 0 atom stereocenters. The highest BCUT2D eigenvalue weighted by Crippen LogP contribution is 2.01. The van der Waals surface area contributed by atoms with E-state index >= 15 is 0 Å². The zero-order valence-corrected chi connectivity index (χ0v) is 6.94. The summed E-state index contributed by atoms with van der Waals surface area (Å²) >= 11 is 0. The summed E-state index contributed by atoms with van der Waals surface area (Å²) in [6.45, 7) is 0. The van der Waals surface area contributed by atoms with Crippen LogP contribution in [0.15, 0.2) is 43.1 Å². The number of nitrogens with one attached hydrogen (secondary N) is 1. The summed E-state index contributed by atoms with van der Waals surface area (Å²) in [7, 11) is 0. The van der Waals surface area contributed by atoms with Crippen LogP contribution in [-0.4, -0.2) is 4.98 Å². The third kappa shape index (κ3) is 1.24. The molecule has 1 aromatic carbocycles. The fourth-order valence-electron chi connectivity index (χ4n) is 1.13. The third-order valence-corrected chi connectivity index (χ3v) is 1.77. The predicted molar refractivity (Wildman–Crippen MR) is 49.4 cm³/mol. The number of fused-ring (bicyclic) bond motifs is 1. The molecule has 1 aromatic heterocycles. The van der Waals surface area contributed by atoms with Crippen LogP contribution in [0.2, 0.25) is 0 Å². The average molecular weight is 191 g/mol. The van der Waals surface area contributed by atoms with Gasteiger partial charge in [-0.2, -0.15) is 0 Å². The molecule has 0 unspecified atom stereocenters. The van der Waals surface area contributed by atoms with Crippen molar-refractivity contribution in [3.8, 4) is 0 Å². The van der Waals surface area contributed by atoms with Crippen molar-refractivity contribution in [1.29, 1.82) is 0 Å². The highest BCUT2D eigenvalue weighted by Gasteiger charge is 2.00. The van der Waals surface area contributed by atoms with E-state index in [0.29, 0.717) is 0 Å². The topological polar surface area (TPSA) is 80.1 Å². The van der Waals surface area contributed by atoms with Crippen LogP contribution in [0, 0.1) is 0 Å². The Morgan fingerprint density at radius 1 is 1.00 bits per heavy atom. The van der Waals surface area contributed by atoms with Gasteiger partial charge in [-0.25, -0.2) is 9.59 Å². The summed E-state index contributed by atoms with van der Waals surface area (Å²) in [6, 6.07) is 6.24. The second kappa shape index (κ2) is 2.95. The van der Waals surface area contributed by atoms with Crippen molar-refractivity contribution in [2.45, 2.75) is 0 Å². The van der Waals surface area contributed by atoms with Gasteiger partial charge in [-0.15, -0.1) is 0 Å². The Kier molecular flexibility index (Phi) is 1.78. The van der Waals surface area contributed by atoms with Crippen molar-refractivity contribution in [1.82, 2.24) is 4.98 Å². The number of H-pyrrole nitrogens is 1. The smallest absolute Gasteiger partial charge is 0.382 e. The minimum Gasteiger partial charge on any atom is -0.382 e. The number of aromatic amines is 1. The van der Waals surface area contributed by atoms with E-state index in [0.717, 1.165) is 0 Å². The van der Waals surface area contributed by atoms with Gasteiger partial charge in [0.05, 0.1) is 10.9 Å². The van der Waals surface area contributed by atoms with Crippen molar-refractivity contribution in [3.63, 3.8) is 0 Å². The quantitative estimate of drug-likeness (QED) is 0.587. The van der Waals surface area contributed by atoms with E-state index in [9.17, 15) is 14.4 Å². The molecule has 0 aliphatic rings. The Morgan fingerprint density at radius 2 is 1.71 bits per heavy atom. The monoisotopic (exact) mass is 191 g/mol. The summed E-state index contributed by atoms with van der Waals surface area (Å²) < 4.78 is 4.26. The minimum absolute atomic E-state index is 0.173. The SMILES string of the molecule is O=c1[nH]c2ccccc2c(=O)oc1=O. The number of aromatic nitrogens is 1. The third-order valence-electron chi connectivity index (χ3n) is 1.77. The van der Waals surface area contributed by atoms with Gasteiger partial charge in [0.2, 0.25) is 0 Å². The maximum absolute atomic E-state index is 11.2. The van der Waals surface area contributed by atoms with Crippen molar-refractivity contribution in [3.05, 3.63) is 55.5 Å². The number of benzene rings is 1. The van der Waals surface area contributed by atoms with Gasteiger partial charge in [-0.3, -0.25) is 4.79 Å². The van der Waals surface area contributed by atoms with Crippen LogP contribution in [0.3, 0.4) is 0 Å². The van der Waals surface area contributed by atoms with E-state index < -0.39 is 16.8 Å². The molecule has 0 bridgehead atoms. The normalized spacial score (nSPS) is 10.3. The lowest BCUT2D eigenvalue weighted by molar-refractivity contribution is 0.479. The van der Waals surface area contributed by atoms with Gasteiger partial charge in [-0.05, 0) is 12.1 Å². The van der Waals surface area contributed by atoms with Gasteiger partial charge in [-0.1, -0.05) is 12.1 Å². The van der Waals surface area contributed by atoms with Gasteiger partial charge >= 0.3 is 16.8 Å². The summed E-state index contributed by atoms with van der Waals surface area (Å²) in [5.41, 5.74) is -2.66. The fraction of sp³-hybridized carbons (Fsp3) is 0. The summed E-state index contributed by atoms with van der Waals surface area (Å²) in [6.07, 6.45) is 0. The van der Waals surface area contributed by atoms with Crippen LogP contribution in [0.1, 0.15) is 0 Å². The first-order valence-electron chi connectivity index (χ1n) is 3.85. The molecule has 0 aliphatic carbocycles. The number of hydrogen-bond donors (Lipinski definition) is 1. The molecule has 0 spiro atoms. The first-order valence-corrected chi connectivity index (χ1v) is 3.85. The Bertz CT molecular complexity index is 653. The lowest BCUT2D eigenvalue weighted by atomic mass is 10.2. The molecule has 1 heterocycles. The summed E-state index contributed by atoms with van der Waals surface area (Å²) in [5, 5.41) is 0.173. The van der Waals surface area contributed by atoms with Gasteiger partial charge in [0.25, 0.3) is 0 Å². The molecule has 5 heteroatoms. The number of rotatable bonds is 0. The van der Waals surface area contributed by atoms with Crippen LogP contribution < -0.4 is 16.8 Å². The van der Waals surface area contributed by atoms with E-state index in [-0.39, 0.29) is 10.9 Å². The molecule has 1 N–H and O–H groups in total. The van der Waals surface area contributed by atoms with Crippen LogP contribution in [0.5, 0.6) is 0 Å². The van der Waals surface area contributed by atoms with Crippen LogP contribution in [0.25, 0.3) is 10.9 Å². The molecule has 2 rings (SSSR count). The highest BCUT2D eigenvalue weighted by molar-refractivity contribution is 5.76. The summed E-state index contributed by atoms with van der Waals surface area (Å²) in [4.78, 5) is 35.3. The van der Waals surface area contributed by atoms with E-state index in [1.807, 2.05) is 0 Å². The molecule has 0 radical (unpaired) electrons. The van der Waals surface area contributed by atoms with Crippen LogP contribution >= 0.6 is 0 Å². The van der Waals surface area contributed by atoms with Crippen molar-refractivity contribution in [2.75, 3.05) is 0 Å². The molecule has 0 fully saturated rings. The van der Waals surface area contributed by atoms with E-state index in [2.05, 4.69) is 9.40 Å². The highest BCUT2D eigenvalue weighted by atomic mass is 16.4. The van der Waals surface area contributed by atoms with Crippen LogP contribution in [-0.2, 0) is 0 Å². The van der Waals surface area contributed by atoms with Gasteiger partial charge < -0.3 is 9.40 Å². The van der Waals surface area contributed by atoms with Gasteiger partial charge in [0, 0.05) is 0 Å². The van der Waals surface area contributed by atoms with Crippen molar-refractivity contribution >= 4 is 10.9 Å². The largest absolute Gasteiger partial charge is 0.405 e. The Morgan fingerprint density at radius 3 is 2.50 bits per heavy atom. The standard InChI is InChI=1S/C9H5NO4/c11-7-9(13)14-8(12)5-3-1-2-4-6(5)10-7/h1-4H,(H,10,11). The molecule has 0 aliphatic heterocycles. The second-order valence-corrected chi connectivity index (χ2v) is 2.68. The van der Waals surface area contributed by atoms with Crippen molar-refractivity contribution in [2.24, 2.45) is 0 Å². The zero-order valence-electron chi connectivity index (χ0n) is 6.94. The Hall–Kier alpha value is -2.17. The number of hydrogen-bond acceptors (Lipinski definition) is 4. The molecular formula is C9H5NO4. The predicted octanol–water partition coefficient (Wildman–Crippen LogP) is -0.158. The second-order valence-electron chi connectivity index (χ2n) is 2.68. The minimum atomic E-state index is -1.19.